The van der Waals surface area contributed by atoms with Gasteiger partial charge < -0.3 is 8.98 Å². The van der Waals surface area contributed by atoms with Gasteiger partial charge in [-0.05, 0) is 81.4 Å². The summed E-state index contributed by atoms with van der Waals surface area (Å²) < 4.78 is 8.71. The van der Waals surface area contributed by atoms with Crippen molar-refractivity contribution in [2.45, 2.75) is 19.3 Å². The molecule has 0 atom stereocenters. The van der Waals surface area contributed by atoms with Gasteiger partial charge in [0.25, 0.3) is 0 Å². The number of fused-ring (bicyclic) bond motifs is 9. The van der Waals surface area contributed by atoms with Crippen molar-refractivity contribution in [1.82, 2.24) is 19.5 Å². The van der Waals surface area contributed by atoms with E-state index in [2.05, 4.69) is 170 Å². The zero-order valence-electron chi connectivity index (χ0n) is 35.8. The van der Waals surface area contributed by atoms with Gasteiger partial charge in [-0.2, -0.15) is 0 Å². The fraction of sp³-hybridized carbons (Fsp3) is 0.0500. The fourth-order valence-electron chi connectivity index (χ4n) is 10.4. The molecule has 0 saturated carbocycles. The summed E-state index contributed by atoms with van der Waals surface area (Å²) in [5.41, 5.74) is 17.7. The normalized spacial score (nSPS) is 12.9. The number of nitrogens with zero attached hydrogens (tertiary/aromatic N) is 4. The van der Waals surface area contributed by atoms with Crippen LogP contribution in [0.4, 0.5) is 0 Å². The van der Waals surface area contributed by atoms with Gasteiger partial charge in [-0.15, -0.1) is 0 Å². The Labute approximate surface area is 376 Å². The van der Waals surface area contributed by atoms with Crippen LogP contribution in [-0.2, 0) is 5.41 Å². The molecule has 1 aliphatic rings. The van der Waals surface area contributed by atoms with Crippen molar-refractivity contribution in [3.05, 3.63) is 217 Å². The van der Waals surface area contributed by atoms with E-state index in [1.165, 1.54) is 44.2 Å². The first-order valence-corrected chi connectivity index (χ1v) is 22.2. The molecule has 65 heavy (non-hydrogen) atoms. The van der Waals surface area contributed by atoms with Crippen LogP contribution in [0.5, 0.6) is 0 Å². The molecular weight excluding hydrogens is 793 g/mol. The first-order chi connectivity index (χ1) is 32.0. The lowest BCUT2D eigenvalue weighted by Gasteiger charge is -2.21. The molecule has 0 fully saturated rings. The lowest BCUT2D eigenvalue weighted by molar-refractivity contribution is 0.660. The van der Waals surface area contributed by atoms with Gasteiger partial charge in [-0.25, -0.2) is 15.0 Å². The maximum absolute atomic E-state index is 6.31. The van der Waals surface area contributed by atoms with E-state index < -0.39 is 0 Å². The molecule has 0 radical (unpaired) electrons. The molecule has 0 amide bonds. The number of furan rings is 1. The van der Waals surface area contributed by atoms with Crippen LogP contribution in [0.3, 0.4) is 0 Å². The van der Waals surface area contributed by atoms with E-state index in [0.29, 0.717) is 17.5 Å². The van der Waals surface area contributed by atoms with Gasteiger partial charge in [0.1, 0.15) is 11.2 Å². The van der Waals surface area contributed by atoms with Crippen LogP contribution < -0.4 is 0 Å². The van der Waals surface area contributed by atoms with Crippen LogP contribution in [0.1, 0.15) is 25.0 Å². The Balaban J connectivity index is 0.974. The molecule has 0 spiro atoms. The molecule has 0 N–H and O–H groups in total. The second-order valence-corrected chi connectivity index (χ2v) is 17.6. The summed E-state index contributed by atoms with van der Waals surface area (Å²) in [5.74, 6) is 1.78. The average molecular weight is 833 g/mol. The van der Waals surface area contributed by atoms with E-state index in [0.717, 1.165) is 66.5 Å². The van der Waals surface area contributed by atoms with Gasteiger partial charge >= 0.3 is 0 Å². The van der Waals surface area contributed by atoms with Gasteiger partial charge in [0.05, 0.1) is 11.0 Å². The fourth-order valence-corrected chi connectivity index (χ4v) is 10.4. The van der Waals surface area contributed by atoms with Crippen LogP contribution in [0, 0.1) is 0 Å². The maximum Gasteiger partial charge on any atom is 0.164 e. The third kappa shape index (κ3) is 5.82. The highest BCUT2D eigenvalue weighted by molar-refractivity contribution is 6.14. The van der Waals surface area contributed by atoms with Crippen LogP contribution in [0.25, 0.3) is 117 Å². The Morgan fingerprint density at radius 2 is 0.954 bits per heavy atom. The number of aromatic nitrogens is 4. The molecule has 0 saturated heterocycles. The summed E-state index contributed by atoms with van der Waals surface area (Å²) >= 11 is 0. The van der Waals surface area contributed by atoms with Gasteiger partial charge in [0, 0.05) is 54.9 Å². The van der Waals surface area contributed by atoms with Crippen LogP contribution >= 0.6 is 0 Å². The van der Waals surface area contributed by atoms with Crippen molar-refractivity contribution in [3.63, 3.8) is 0 Å². The van der Waals surface area contributed by atoms with Gasteiger partial charge in [-0.1, -0.05) is 178 Å². The molecule has 0 bridgehead atoms. The van der Waals surface area contributed by atoms with Crippen LogP contribution in [0.15, 0.2) is 211 Å². The van der Waals surface area contributed by atoms with Crippen molar-refractivity contribution in [2.24, 2.45) is 0 Å². The molecule has 9 aromatic carbocycles. The Hall–Kier alpha value is -8.41. The molecule has 12 aromatic rings. The average Bonchev–Trinajstić information content (AvgIpc) is 3.99. The molecular formula is C60H40N4O. The maximum atomic E-state index is 6.31. The zero-order valence-corrected chi connectivity index (χ0v) is 35.8. The second kappa shape index (κ2) is 14.3. The monoisotopic (exact) mass is 832 g/mol. The zero-order chi connectivity index (χ0) is 43.2. The van der Waals surface area contributed by atoms with Gasteiger partial charge in [0.2, 0.25) is 0 Å². The minimum absolute atomic E-state index is 0.0731. The minimum atomic E-state index is -0.0731. The summed E-state index contributed by atoms with van der Waals surface area (Å²) in [5, 5.41) is 4.54. The Kier molecular flexibility index (Phi) is 8.18. The molecule has 5 nitrogen and oxygen atoms in total. The van der Waals surface area contributed by atoms with E-state index in [9.17, 15) is 0 Å². The lowest BCUT2D eigenvalue weighted by atomic mass is 9.82. The predicted molar refractivity (Wildman–Crippen MR) is 266 cm³/mol. The van der Waals surface area contributed by atoms with E-state index in [-0.39, 0.29) is 5.41 Å². The summed E-state index contributed by atoms with van der Waals surface area (Å²) in [6.45, 7) is 4.69. The Morgan fingerprint density at radius 1 is 0.385 bits per heavy atom. The van der Waals surface area contributed by atoms with E-state index in [1.54, 1.807) is 0 Å². The molecule has 1 aliphatic carbocycles. The van der Waals surface area contributed by atoms with Crippen LogP contribution in [0.2, 0.25) is 0 Å². The third-order valence-electron chi connectivity index (χ3n) is 13.5. The molecule has 5 heteroatoms. The first kappa shape index (κ1) is 37.2. The summed E-state index contributed by atoms with van der Waals surface area (Å²) in [7, 11) is 0. The second-order valence-electron chi connectivity index (χ2n) is 17.6. The third-order valence-corrected chi connectivity index (χ3v) is 13.5. The van der Waals surface area contributed by atoms with Gasteiger partial charge in [0.15, 0.2) is 17.5 Å². The highest BCUT2D eigenvalue weighted by Gasteiger charge is 2.36. The SMILES string of the molecule is CC1(C)c2ccccc2-c2c(-c3cccc(-c4cccc5c6ccccc6n(-c6cccc(-c7nc(-c8ccccc8)nc(-c8ccc9c(c8)oc8ccccc89)n7)c6)c45)c3)cccc21. The molecule has 3 aromatic heterocycles. The van der Waals surface area contributed by atoms with Crippen LogP contribution in [-0.4, -0.2) is 19.5 Å². The standard InChI is InChI=1S/C60H40N4O/c1-60(2)50-28-9-6-24-49(50)55-43(25-15-29-51(55)60)38-18-12-19-39(34-38)44-26-14-27-48-45-22-7-10-30-52(45)64(56(44)48)42-21-13-20-40(35-42)58-61-57(37-16-4-3-5-17-37)62-59(63-58)41-32-33-47-46-23-8-11-31-53(46)65-54(47)36-41/h3-36H,1-2H3. The predicted octanol–water partition coefficient (Wildman–Crippen LogP) is 15.5. The van der Waals surface area contributed by atoms with E-state index in [4.69, 9.17) is 19.4 Å². The first-order valence-electron chi connectivity index (χ1n) is 22.2. The number of hydrogen-bond donors (Lipinski definition) is 0. The molecule has 306 valence electrons. The molecule has 0 aliphatic heterocycles. The Bertz CT molecular complexity index is 3880. The minimum Gasteiger partial charge on any atom is -0.456 e. The quantitative estimate of drug-likeness (QED) is 0.167. The number of para-hydroxylation sites is 3. The molecule has 0 unspecified atom stereocenters. The summed E-state index contributed by atoms with van der Waals surface area (Å²) in [4.78, 5) is 15.4. The molecule has 13 rings (SSSR count). The Morgan fingerprint density at radius 3 is 1.82 bits per heavy atom. The number of rotatable bonds is 6. The highest BCUT2D eigenvalue weighted by atomic mass is 16.3. The van der Waals surface area contributed by atoms with Crippen molar-refractivity contribution in [3.8, 4) is 73.2 Å². The lowest BCUT2D eigenvalue weighted by Crippen LogP contribution is -2.14. The van der Waals surface area contributed by atoms with E-state index in [1.807, 2.05) is 54.6 Å². The van der Waals surface area contributed by atoms with Crippen molar-refractivity contribution >= 4 is 43.7 Å². The number of benzene rings is 9. The van der Waals surface area contributed by atoms with Gasteiger partial charge in [-0.3, -0.25) is 0 Å². The number of hydrogen-bond acceptors (Lipinski definition) is 4. The topological polar surface area (TPSA) is 56.7 Å². The highest BCUT2D eigenvalue weighted by Crippen LogP contribution is 2.52. The largest absolute Gasteiger partial charge is 0.456 e. The smallest absolute Gasteiger partial charge is 0.164 e. The molecule has 3 heterocycles. The summed E-state index contributed by atoms with van der Waals surface area (Å²) in [6, 6.07) is 73.3. The summed E-state index contributed by atoms with van der Waals surface area (Å²) in [6.07, 6.45) is 0. The van der Waals surface area contributed by atoms with Crippen molar-refractivity contribution in [1.29, 1.82) is 0 Å². The van der Waals surface area contributed by atoms with E-state index >= 15 is 0 Å². The van der Waals surface area contributed by atoms with Crippen molar-refractivity contribution < 1.29 is 4.42 Å². The van der Waals surface area contributed by atoms with Crippen molar-refractivity contribution in [2.75, 3.05) is 0 Å².